The summed E-state index contributed by atoms with van der Waals surface area (Å²) in [6, 6.07) is 40.3. The van der Waals surface area contributed by atoms with Crippen molar-refractivity contribution in [2.24, 2.45) is 0 Å². The van der Waals surface area contributed by atoms with Gasteiger partial charge in [0.15, 0.2) is 0 Å². The molecule has 0 aliphatic carbocycles. The van der Waals surface area contributed by atoms with Gasteiger partial charge in [0.2, 0.25) is 5.79 Å². The van der Waals surface area contributed by atoms with E-state index in [1.54, 1.807) is 0 Å². The molecule has 0 unspecified atom stereocenters. The summed E-state index contributed by atoms with van der Waals surface area (Å²) in [4.78, 5) is 15.4. The number of amides is 1. The molecule has 0 saturated carbocycles. The number of likely N-dealkylation sites (tertiary alicyclic amines) is 1. The van der Waals surface area contributed by atoms with Gasteiger partial charge in [-0.15, -0.1) is 0 Å². The zero-order valence-corrected chi connectivity index (χ0v) is 23.1. The van der Waals surface area contributed by atoms with Gasteiger partial charge in [0.05, 0.1) is 12.6 Å². The van der Waals surface area contributed by atoms with Crippen LogP contribution in [0.5, 0.6) is 0 Å². The summed E-state index contributed by atoms with van der Waals surface area (Å²) in [6.45, 7) is 1.95. The molecule has 2 fully saturated rings. The van der Waals surface area contributed by atoms with Gasteiger partial charge in [0.1, 0.15) is 12.7 Å². The van der Waals surface area contributed by atoms with Crippen molar-refractivity contribution in [2.45, 2.75) is 50.0 Å². The van der Waals surface area contributed by atoms with Crippen LogP contribution in [0, 0.1) is 0 Å². The summed E-state index contributed by atoms with van der Waals surface area (Å²) < 4.78 is 19.3. The minimum atomic E-state index is -1.04. The first-order valence-corrected chi connectivity index (χ1v) is 14.4. The zero-order valence-electron chi connectivity index (χ0n) is 23.1. The first-order valence-electron chi connectivity index (χ1n) is 14.4. The highest BCUT2D eigenvalue weighted by Crippen LogP contribution is 2.43. The van der Waals surface area contributed by atoms with Crippen LogP contribution in [0.25, 0.3) is 0 Å². The van der Waals surface area contributed by atoms with Crippen molar-refractivity contribution in [3.8, 4) is 0 Å². The third-order valence-corrected chi connectivity index (χ3v) is 8.03. The normalized spacial score (nSPS) is 21.9. The molecule has 210 valence electrons. The number of benzene rings is 4. The van der Waals surface area contributed by atoms with Crippen molar-refractivity contribution in [3.05, 3.63) is 144 Å². The summed E-state index contributed by atoms with van der Waals surface area (Å²) in [5.74, 6) is -1.04. The number of piperidine rings is 1. The minimum Gasteiger partial charge on any atom is -0.445 e. The summed E-state index contributed by atoms with van der Waals surface area (Å²) >= 11 is 0. The minimum absolute atomic E-state index is 0.213. The van der Waals surface area contributed by atoms with E-state index in [0.717, 1.165) is 36.1 Å². The Balaban J connectivity index is 1.24. The van der Waals surface area contributed by atoms with Crippen molar-refractivity contribution in [1.82, 2.24) is 10.2 Å². The third kappa shape index (κ3) is 6.20. The van der Waals surface area contributed by atoms with Gasteiger partial charge in [-0.25, -0.2) is 4.79 Å². The Kier molecular flexibility index (Phi) is 8.42. The largest absolute Gasteiger partial charge is 0.445 e. The number of ether oxygens (including phenoxy) is 3. The van der Waals surface area contributed by atoms with Crippen LogP contribution in [0.15, 0.2) is 121 Å². The molecule has 4 aromatic carbocycles. The SMILES string of the molecule is O=C(OCc1ccccc1)N1CC[C@H](NCc2ccccc2)C[C@H]1[C@H]1COC(c2ccccc2)(c2ccccc2)O1. The Morgan fingerprint density at radius 3 is 1.98 bits per heavy atom. The fraction of sp³-hybridized carbons (Fsp3) is 0.286. The van der Waals surface area contributed by atoms with Gasteiger partial charge in [-0.3, -0.25) is 0 Å². The second-order valence-corrected chi connectivity index (χ2v) is 10.7. The van der Waals surface area contributed by atoms with Crippen LogP contribution >= 0.6 is 0 Å². The summed E-state index contributed by atoms with van der Waals surface area (Å²) in [5, 5.41) is 3.72. The van der Waals surface area contributed by atoms with E-state index in [9.17, 15) is 4.79 Å². The maximum absolute atomic E-state index is 13.5. The van der Waals surface area contributed by atoms with Crippen LogP contribution in [0.1, 0.15) is 35.1 Å². The van der Waals surface area contributed by atoms with E-state index in [1.165, 1.54) is 5.56 Å². The van der Waals surface area contributed by atoms with Gasteiger partial charge in [-0.2, -0.15) is 0 Å². The molecule has 1 N–H and O–H groups in total. The molecular formula is C35H36N2O4. The second-order valence-electron chi connectivity index (χ2n) is 10.7. The van der Waals surface area contributed by atoms with Crippen molar-refractivity contribution in [2.75, 3.05) is 13.2 Å². The zero-order chi connectivity index (χ0) is 27.9. The molecule has 2 aliphatic heterocycles. The Bertz CT molecular complexity index is 1350. The van der Waals surface area contributed by atoms with E-state index < -0.39 is 5.79 Å². The molecule has 0 bridgehead atoms. The van der Waals surface area contributed by atoms with Gasteiger partial charge in [-0.1, -0.05) is 121 Å². The van der Waals surface area contributed by atoms with Crippen molar-refractivity contribution >= 4 is 6.09 Å². The Labute approximate surface area is 241 Å². The predicted molar refractivity (Wildman–Crippen MR) is 158 cm³/mol. The van der Waals surface area contributed by atoms with Gasteiger partial charge >= 0.3 is 6.09 Å². The molecule has 6 heteroatoms. The molecule has 0 radical (unpaired) electrons. The number of carbonyl (C=O) groups is 1. The van der Waals surface area contributed by atoms with E-state index >= 15 is 0 Å². The molecule has 0 spiro atoms. The lowest BCUT2D eigenvalue weighted by molar-refractivity contribution is -0.151. The molecule has 3 atom stereocenters. The highest BCUT2D eigenvalue weighted by molar-refractivity contribution is 5.68. The average molecular weight is 549 g/mol. The average Bonchev–Trinajstić information content (AvgIpc) is 3.51. The van der Waals surface area contributed by atoms with E-state index in [1.807, 2.05) is 102 Å². The number of nitrogens with zero attached hydrogens (tertiary/aromatic N) is 1. The molecule has 6 rings (SSSR count). The molecule has 2 heterocycles. The third-order valence-electron chi connectivity index (χ3n) is 8.03. The standard InChI is InChI=1S/C35H36N2O4/c38-34(39-25-28-15-7-2-8-16-28)37-22-21-31(36-24-27-13-5-1-6-14-27)23-32(37)33-26-40-35(41-33,29-17-9-3-10-18-29)30-19-11-4-12-20-30/h1-20,31-33,36H,21-26H2/t31-,32-,33+/m0/s1. The first-order chi connectivity index (χ1) is 20.2. The van der Waals surface area contributed by atoms with Crippen molar-refractivity contribution in [1.29, 1.82) is 0 Å². The molecule has 2 saturated heterocycles. The lowest BCUT2D eigenvalue weighted by Gasteiger charge is -2.41. The quantitative estimate of drug-likeness (QED) is 0.282. The topological polar surface area (TPSA) is 60.0 Å². The molecule has 4 aromatic rings. The maximum atomic E-state index is 13.5. The predicted octanol–water partition coefficient (Wildman–Crippen LogP) is 6.26. The number of hydrogen-bond acceptors (Lipinski definition) is 5. The van der Waals surface area contributed by atoms with Crippen LogP contribution in [-0.4, -0.2) is 42.3 Å². The highest BCUT2D eigenvalue weighted by atomic mass is 16.7. The Hall–Kier alpha value is -3.97. The molecule has 2 aliphatic rings. The molecule has 41 heavy (non-hydrogen) atoms. The Morgan fingerprint density at radius 1 is 0.805 bits per heavy atom. The monoisotopic (exact) mass is 548 g/mol. The lowest BCUT2D eigenvalue weighted by Crippen LogP contribution is -2.56. The number of nitrogens with one attached hydrogen (secondary N) is 1. The number of rotatable bonds is 8. The van der Waals surface area contributed by atoms with Gasteiger partial charge in [0.25, 0.3) is 0 Å². The van der Waals surface area contributed by atoms with Crippen LogP contribution in [0.4, 0.5) is 4.79 Å². The highest BCUT2D eigenvalue weighted by Gasteiger charge is 2.50. The fourth-order valence-electron chi connectivity index (χ4n) is 5.88. The molecule has 6 nitrogen and oxygen atoms in total. The summed E-state index contributed by atoms with van der Waals surface area (Å²) in [5.41, 5.74) is 4.06. The van der Waals surface area contributed by atoms with Crippen LogP contribution in [0.3, 0.4) is 0 Å². The van der Waals surface area contributed by atoms with Crippen LogP contribution in [0.2, 0.25) is 0 Å². The van der Waals surface area contributed by atoms with E-state index in [-0.39, 0.29) is 30.9 Å². The van der Waals surface area contributed by atoms with Crippen molar-refractivity contribution in [3.63, 3.8) is 0 Å². The Morgan fingerprint density at radius 2 is 1.37 bits per heavy atom. The summed E-state index contributed by atoms with van der Waals surface area (Å²) in [6.07, 6.45) is 0.919. The van der Waals surface area contributed by atoms with Crippen LogP contribution < -0.4 is 5.32 Å². The smallest absolute Gasteiger partial charge is 0.410 e. The van der Waals surface area contributed by atoms with Crippen molar-refractivity contribution < 1.29 is 19.0 Å². The summed E-state index contributed by atoms with van der Waals surface area (Å²) in [7, 11) is 0. The maximum Gasteiger partial charge on any atom is 0.410 e. The van der Waals surface area contributed by atoms with E-state index in [4.69, 9.17) is 14.2 Å². The fourth-order valence-corrected chi connectivity index (χ4v) is 5.88. The van der Waals surface area contributed by atoms with Gasteiger partial charge in [0, 0.05) is 30.3 Å². The lowest BCUT2D eigenvalue weighted by atomic mass is 9.93. The second kappa shape index (κ2) is 12.7. The van der Waals surface area contributed by atoms with E-state index in [0.29, 0.717) is 13.2 Å². The number of hydrogen-bond donors (Lipinski definition) is 1. The molecular weight excluding hydrogens is 512 g/mol. The van der Waals surface area contributed by atoms with Gasteiger partial charge < -0.3 is 24.4 Å². The van der Waals surface area contributed by atoms with E-state index in [2.05, 4.69) is 29.6 Å². The van der Waals surface area contributed by atoms with Crippen LogP contribution in [-0.2, 0) is 33.1 Å². The molecule has 0 aromatic heterocycles. The molecule has 1 amide bonds. The first kappa shape index (κ1) is 27.2. The van der Waals surface area contributed by atoms with Gasteiger partial charge in [-0.05, 0) is 24.0 Å². The number of carbonyl (C=O) groups excluding carboxylic acids is 1.